The van der Waals surface area contributed by atoms with Crippen molar-refractivity contribution >= 4 is 5.97 Å². The van der Waals surface area contributed by atoms with E-state index < -0.39 is 16.8 Å². The van der Waals surface area contributed by atoms with E-state index in [2.05, 4.69) is 83.1 Å². The Morgan fingerprint density at radius 3 is 1.48 bits per heavy atom. The van der Waals surface area contributed by atoms with E-state index in [1.54, 1.807) is 0 Å². The van der Waals surface area contributed by atoms with E-state index in [0.29, 0.717) is 5.92 Å². The number of unbranched alkanes of at least 4 members (excludes halogenated alkanes) is 3. The largest absolute Gasteiger partial charge is 0.481 e. The van der Waals surface area contributed by atoms with Gasteiger partial charge in [0.2, 0.25) is 0 Å². The van der Waals surface area contributed by atoms with Gasteiger partial charge in [-0.05, 0) is 46.8 Å². The second kappa shape index (κ2) is 8.91. The van der Waals surface area contributed by atoms with Gasteiger partial charge in [-0.15, -0.1) is 0 Å². The summed E-state index contributed by atoms with van der Waals surface area (Å²) in [6.07, 6.45) is 6.49. The smallest absolute Gasteiger partial charge is 0.309 e. The fraction of sp³-hybridized carbons (Fsp3) is 0.963. The predicted molar refractivity (Wildman–Crippen MR) is 128 cm³/mol. The maximum atomic E-state index is 12.2. The number of hydrogen-bond acceptors (Lipinski definition) is 1. The highest BCUT2D eigenvalue weighted by molar-refractivity contribution is 5.75. The molecule has 0 aliphatic carbocycles. The Kier molecular flexibility index (Phi) is 8.75. The summed E-state index contributed by atoms with van der Waals surface area (Å²) in [5.41, 5.74) is -1.36. The molecule has 2 nitrogen and oxygen atoms in total. The summed E-state index contributed by atoms with van der Waals surface area (Å²) in [6, 6.07) is 0. The van der Waals surface area contributed by atoms with Crippen LogP contribution in [0.1, 0.15) is 129 Å². The number of rotatable bonds is 12. The van der Waals surface area contributed by atoms with Gasteiger partial charge in [-0.25, -0.2) is 0 Å². The number of carboxylic acid groups (broad SMARTS) is 1. The predicted octanol–water partition coefficient (Wildman–Crippen LogP) is 8.83. The van der Waals surface area contributed by atoms with Crippen LogP contribution in [0.4, 0.5) is 0 Å². The van der Waals surface area contributed by atoms with E-state index in [0.717, 1.165) is 0 Å². The molecule has 0 spiro atoms. The summed E-state index contributed by atoms with van der Waals surface area (Å²) >= 11 is 0. The first-order valence-corrected chi connectivity index (χ1v) is 11.9. The van der Waals surface area contributed by atoms with Gasteiger partial charge in [0.1, 0.15) is 0 Å². The molecule has 0 aliphatic heterocycles. The van der Waals surface area contributed by atoms with Gasteiger partial charge in [0.25, 0.3) is 0 Å². The highest BCUT2D eigenvalue weighted by Crippen LogP contribution is 2.68. The molecule has 0 bridgehead atoms. The van der Waals surface area contributed by atoms with E-state index in [4.69, 9.17) is 0 Å². The van der Waals surface area contributed by atoms with Crippen LogP contribution in [0.3, 0.4) is 0 Å². The molecular weight excluding hydrogens is 356 g/mol. The second-order valence-electron chi connectivity index (χ2n) is 12.9. The summed E-state index contributed by atoms with van der Waals surface area (Å²) in [5.74, 6) is -0.104. The van der Waals surface area contributed by atoms with Gasteiger partial charge < -0.3 is 5.11 Å². The maximum Gasteiger partial charge on any atom is 0.309 e. The molecule has 0 rings (SSSR count). The molecule has 1 N–H and O–H groups in total. The molecule has 0 aromatic carbocycles. The topological polar surface area (TPSA) is 37.3 Å². The Bertz CT molecular complexity index is 547. The number of hydrogen-bond donors (Lipinski definition) is 1. The Hall–Kier alpha value is -0.530. The summed E-state index contributed by atoms with van der Waals surface area (Å²) < 4.78 is 0. The van der Waals surface area contributed by atoms with Crippen LogP contribution in [-0.4, -0.2) is 11.1 Å². The third kappa shape index (κ3) is 4.57. The molecule has 0 aromatic rings. The zero-order valence-electron chi connectivity index (χ0n) is 22.5. The van der Waals surface area contributed by atoms with E-state index in [-0.39, 0.29) is 21.7 Å². The van der Waals surface area contributed by atoms with Crippen LogP contribution < -0.4 is 0 Å². The molecule has 2 heteroatoms. The summed E-state index contributed by atoms with van der Waals surface area (Å²) in [6.45, 7) is 31.8. The number of carboxylic acids is 1. The molecule has 0 heterocycles. The minimum absolute atomic E-state index is 0.0134. The van der Waals surface area contributed by atoms with Crippen LogP contribution in [0.2, 0.25) is 0 Å². The van der Waals surface area contributed by atoms with Gasteiger partial charge >= 0.3 is 5.97 Å². The Morgan fingerprint density at radius 1 is 0.690 bits per heavy atom. The van der Waals surface area contributed by atoms with Crippen LogP contribution in [0, 0.1) is 38.4 Å². The van der Waals surface area contributed by atoms with E-state index in [1.165, 1.54) is 32.1 Å². The molecular formula is C27H54O2. The lowest BCUT2D eigenvalue weighted by atomic mass is 9.38. The van der Waals surface area contributed by atoms with Crippen molar-refractivity contribution in [1.82, 2.24) is 0 Å². The van der Waals surface area contributed by atoms with Crippen LogP contribution in [0.5, 0.6) is 0 Å². The van der Waals surface area contributed by atoms with Gasteiger partial charge in [-0.3, -0.25) is 4.79 Å². The minimum Gasteiger partial charge on any atom is -0.481 e. The average molecular weight is 411 g/mol. The lowest BCUT2D eigenvalue weighted by Gasteiger charge is -2.66. The molecule has 0 aromatic heterocycles. The highest BCUT2D eigenvalue weighted by Gasteiger charge is 2.63. The average Bonchev–Trinajstić information content (AvgIpc) is 2.57. The van der Waals surface area contributed by atoms with Crippen molar-refractivity contribution < 1.29 is 9.90 Å². The SMILES string of the molecule is CCCCCCC(C)C(C)(C)C(C)(C)C(C)(C)C(C)(C)C(C)(C)C(C)(C)C(=O)O. The fourth-order valence-electron chi connectivity index (χ4n) is 5.27. The third-order valence-electron chi connectivity index (χ3n) is 11.1. The summed E-state index contributed by atoms with van der Waals surface area (Å²) in [4.78, 5) is 12.2. The van der Waals surface area contributed by atoms with E-state index in [1.807, 2.05) is 13.8 Å². The molecule has 1 atom stereocenters. The van der Waals surface area contributed by atoms with E-state index in [9.17, 15) is 9.90 Å². The molecule has 0 amide bonds. The van der Waals surface area contributed by atoms with Gasteiger partial charge in [0.15, 0.2) is 0 Å². The van der Waals surface area contributed by atoms with Crippen molar-refractivity contribution in [2.24, 2.45) is 38.4 Å². The van der Waals surface area contributed by atoms with Crippen LogP contribution in [0.15, 0.2) is 0 Å². The summed E-state index contributed by atoms with van der Waals surface area (Å²) in [7, 11) is 0. The van der Waals surface area contributed by atoms with Gasteiger partial charge in [-0.2, -0.15) is 0 Å². The molecule has 0 saturated heterocycles. The van der Waals surface area contributed by atoms with Crippen LogP contribution in [-0.2, 0) is 4.79 Å². The zero-order valence-corrected chi connectivity index (χ0v) is 22.5. The highest BCUT2D eigenvalue weighted by atomic mass is 16.4. The Balaban J connectivity index is 6.08. The van der Waals surface area contributed by atoms with Crippen LogP contribution >= 0.6 is 0 Å². The molecule has 0 radical (unpaired) electrons. The standard InChI is InChI=1S/C27H54O2/c1-15-16-17-18-19-20(2)22(3,4)24(7,8)26(11,12)27(13,14)25(9,10)23(5,6)21(28)29/h20H,15-19H2,1-14H3,(H,28,29). The molecule has 1 unspecified atom stereocenters. The molecule has 0 saturated carbocycles. The first-order valence-electron chi connectivity index (χ1n) is 11.9. The zero-order chi connectivity index (χ0) is 23.7. The lowest BCUT2D eigenvalue weighted by Crippen LogP contribution is -2.61. The van der Waals surface area contributed by atoms with Crippen molar-refractivity contribution in [3.63, 3.8) is 0 Å². The van der Waals surface area contributed by atoms with Crippen molar-refractivity contribution in [2.45, 2.75) is 129 Å². The number of aliphatic carboxylic acids is 1. The van der Waals surface area contributed by atoms with Crippen molar-refractivity contribution in [3.05, 3.63) is 0 Å². The fourth-order valence-corrected chi connectivity index (χ4v) is 5.27. The van der Waals surface area contributed by atoms with Crippen molar-refractivity contribution in [2.75, 3.05) is 0 Å². The molecule has 0 aliphatic rings. The number of carbonyl (C=O) groups is 1. The quantitative estimate of drug-likeness (QED) is 0.326. The van der Waals surface area contributed by atoms with Crippen molar-refractivity contribution in [3.8, 4) is 0 Å². The molecule has 174 valence electrons. The normalized spacial score (nSPS) is 16.1. The lowest BCUT2D eigenvalue weighted by molar-refractivity contribution is -0.195. The first-order chi connectivity index (χ1) is 12.7. The maximum absolute atomic E-state index is 12.2. The molecule has 0 fully saturated rings. The minimum atomic E-state index is -0.820. The van der Waals surface area contributed by atoms with Crippen LogP contribution in [0.25, 0.3) is 0 Å². The molecule has 29 heavy (non-hydrogen) atoms. The van der Waals surface area contributed by atoms with Gasteiger partial charge in [-0.1, -0.05) is 115 Å². The van der Waals surface area contributed by atoms with Gasteiger partial charge in [0, 0.05) is 0 Å². The Labute approximate surface area is 183 Å². The van der Waals surface area contributed by atoms with E-state index >= 15 is 0 Å². The Morgan fingerprint density at radius 2 is 1.10 bits per heavy atom. The monoisotopic (exact) mass is 410 g/mol. The second-order valence-corrected chi connectivity index (χ2v) is 12.9. The van der Waals surface area contributed by atoms with Crippen molar-refractivity contribution in [1.29, 1.82) is 0 Å². The third-order valence-corrected chi connectivity index (χ3v) is 11.1. The first kappa shape index (κ1) is 28.5. The summed E-state index contributed by atoms with van der Waals surface area (Å²) in [5, 5.41) is 10.00. The van der Waals surface area contributed by atoms with Gasteiger partial charge in [0.05, 0.1) is 5.41 Å².